The fourth-order valence-corrected chi connectivity index (χ4v) is 5.06. The quantitative estimate of drug-likeness (QED) is 0.618. The summed E-state index contributed by atoms with van der Waals surface area (Å²) in [6, 6.07) is 8.75. The number of benzene rings is 2. The van der Waals surface area contributed by atoms with E-state index in [9.17, 15) is 8.42 Å². The van der Waals surface area contributed by atoms with Crippen LogP contribution in [0.1, 0.15) is 11.1 Å². The maximum absolute atomic E-state index is 12.5. The highest BCUT2D eigenvalue weighted by atomic mass is 79.9. The molecule has 3 nitrogen and oxygen atoms in total. The van der Waals surface area contributed by atoms with Gasteiger partial charge in [0.05, 0.1) is 5.69 Å². The van der Waals surface area contributed by atoms with Gasteiger partial charge in [0.1, 0.15) is 4.90 Å². The van der Waals surface area contributed by atoms with Gasteiger partial charge < -0.3 is 0 Å². The van der Waals surface area contributed by atoms with Crippen LogP contribution in [0.5, 0.6) is 0 Å². The van der Waals surface area contributed by atoms with E-state index in [-0.39, 0.29) is 4.90 Å². The lowest BCUT2D eigenvalue weighted by Gasteiger charge is -2.13. The molecule has 2 aromatic carbocycles. The zero-order valence-electron chi connectivity index (χ0n) is 11.2. The topological polar surface area (TPSA) is 46.2 Å². The van der Waals surface area contributed by atoms with Gasteiger partial charge in [0.25, 0.3) is 10.0 Å². The van der Waals surface area contributed by atoms with Crippen LogP contribution in [-0.2, 0) is 10.0 Å². The minimum absolute atomic E-state index is 0.197. The average Bonchev–Trinajstić information content (AvgIpc) is 2.37. The normalized spacial score (nSPS) is 11.5. The van der Waals surface area contributed by atoms with Gasteiger partial charge in [-0.05, 0) is 71.2 Å². The molecule has 0 aliphatic heterocycles. The predicted molar refractivity (Wildman–Crippen MR) is 96.3 cm³/mol. The molecule has 0 heterocycles. The number of aryl methyl sites for hydroxylation is 2. The lowest BCUT2D eigenvalue weighted by atomic mass is 10.2. The molecule has 7 heteroatoms. The lowest BCUT2D eigenvalue weighted by molar-refractivity contribution is 0.600. The lowest BCUT2D eigenvalue weighted by Crippen LogP contribution is -2.14. The van der Waals surface area contributed by atoms with Gasteiger partial charge in [0, 0.05) is 13.4 Å². The van der Waals surface area contributed by atoms with Crippen LogP contribution in [-0.4, -0.2) is 8.42 Å². The molecular formula is C14H12Br3NO2S. The second kappa shape index (κ2) is 6.40. The second-order valence-electron chi connectivity index (χ2n) is 4.60. The third-order valence-electron chi connectivity index (χ3n) is 2.94. The molecular weight excluding hydrogens is 486 g/mol. The number of hydrogen-bond donors (Lipinski definition) is 1. The summed E-state index contributed by atoms with van der Waals surface area (Å²) in [6.07, 6.45) is 0. The molecule has 0 bridgehead atoms. The smallest absolute Gasteiger partial charge is 0.263 e. The molecule has 0 saturated heterocycles. The zero-order chi connectivity index (χ0) is 15.8. The summed E-state index contributed by atoms with van der Waals surface area (Å²) < 4.78 is 29.9. The third-order valence-corrected chi connectivity index (χ3v) is 6.61. The van der Waals surface area contributed by atoms with Crippen LogP contribution >= 0.6 is 47.8 Å². The van der Waals surface area contributed by atoms with Crippen molar-refractivity contribution in [3.8, 4) is 0 Å². The van der Waals surface area contributed by atoms with Crippen molar-refractivity contribution in [3.05, 3.63) is 54.9 Å². The highest BCUT2D eigenvalue weighted by Gasteiger charge is 2.20. The van der Waals surface area contributed by atoms with Gasteiger partial charge in [0.2, 0.25) is 0 Å². The van der Waals surface area contributed by atoms with Crippen molar-refractivity contribution in [1.29, 1.82) is 0 Å². The molecule has 0 aliphatic carbocycles. The summed E-state index contributed by atoms with van der Waals surface area (Å²) in [5, 5.41) is 0. The van der Waals surface area contributed by atoms with Crippen LogP contribution in [0.3, 0.4) is 0 Å². The van der Waals surface area contributed by atoms with Crippen LogP contribution in [0.4, 0.5) is 5.69 Å². The third kappa shape index (κ3) is 3.88. The molecule has 21 heavy (non-hydrogen) atoms. The predicted octanol–water partition coefficient (Wildman–Crippen LogP) is 5.39. The molecule has 0 spiro atoms. The SMILES string of the molecule is Cc1cc(Br)c(S(=O)(=O)Nc2ccc(Br)cc2C)cc1Br. The number of hydrogen-bond acceptors (Lipinski definition) is 2. The second-order valence-corrected chi connectivity index (χ2v) is 8.87. The summed E-state index contributed by atoms with van der Waals surface area (Å²) >= 11 is 10.0. The Morgan fingerprint density at radius 3 is 2.19 bits per heavy atom. The Bertz CT molecular complexity index is 804. The minimum atomic E-state index is -3.66. The van der Waals surface area contributed by atoms with E-state index >= 15 is 0 Å². The summed E-state index contributed by atoms with van der Waals surface area (Å²) in [5.74, 6) is 0. The summed E-state index contributed by atoms with van der Waals surface area (Å²) in [5.41, 5.74) is 2.36. The van der Waals surface area contributed by atoms with E-state index in [0.717, 1.165) is 20.1 Å². The molecule has 0 aliphatic rings. The van der Waals surface area contributed by atoms with E-state index in [1.54, 1.807) is 24.3 Å². The molecule has 112 valence electrons. The summed E-state index contributed by atoms with van der Waals surface area (Å²) in [4.78, 5) is 0.197. The first-order valence-corrected chi connectivity index (χ1v) is 9.81. The first kappa shape index (κ1) is 17.0. The van der Waals surface area contributed by atoms with Crippen LogP contribution in [0.2, 0.25) is 0 Å². The van der Waals surface area contributed by atoms with Crippen molar-refractivity contribution in [2.45, 2.75) is 18.7 Å². The highest BCUT2D eigenvalue weighted by Crippen LogP contribution is 2.31. The Kier molecular flexibility index (Phi) is 5.18. The van der Waals surface area contributed by atoms with Gasteiger partial charge in [-0.2, -0.15) is 0 Å². The fourth-order valence-electron chi connectivity index (χ4n) is 1.78. The van der Waals surface area contributed by atoms with Crippen LogP contribution in [0, 0.1) is 13.8 Å². The van der Waals surface area contributed by atoms with E-state index in [0.29, 0.717) is 10.2 Å². The van der Waals surface area contributed by atoms with Crippen molar-refractivity contribution in [2.75, 3.05) is 4.72 Å². The van der Waals surface area contributed by atoms with Crippen molar-refractivity contribution in [3.63, 3.8) is 0 Å². The Balaban J connectivity index is 2.46. The van der Waals surface area contributed by atoms with E-state index in [4.69, 9.17) is 0 Å². The number of anilines is 1. The number of nitrogens with one attached hydrogen (secondary N) is 1. The molecule has 0 aromatic heterocycles. The van der Waals surface area contributed by atoms with E-state index in [1.165, 1.54) is 0 Å². The first-order chi connectivity index (χ1) is 9.70. The van der Waals surface area contributed by atoms with Gasteiger partial charge in [-0.3, -0.25) is 4.72 Å². The van der Waals surface area contributed by atoms with Crippen molar-refractivity contribution >= 4 is 63.5 Å². The van der Waals surface area contributed by atoms with Gasteiger partial charge in [0.15, 0.2) is 0 Å². The monoisotopic (exact) mass is 495 g/mol. The molecule has 0 saturated carbocycles. The Hall–Kier alpha value is -0.370. The van der Waals surface area contributed by atoms with Gasteiger partial charge >= 0.3 is 0 Å². The molecule has 2 aromatic rings. The van der Waals surface area contributed by atoms with Gasteiger partial charge in [-0.1, -0.05) is 31.9 Å². The van der Waals surface area contributed by atoms with E-state index in [2.05, 4.69) is 52.5 Å². The maximum Gasteiger partial charge on any atom is 0.263 e. The largest absolute Gasteiger partial charge is 0.279 e. The molecule has 0 atom stereocenters. The van der Waals surface area contributed by atoms with E-state index in [1.807, 2.05) is 19.9 Å². The van der Waals surface area contributed by atoms with Crippen LogP contribution < -0.4 is 4.72 Å². The number of rotatable bonds is 3. The summed E-state index contributed by atoms with van der Waals surface area (Å²) in [6.45, 7) is 3.75. The molecule has 0 unspecified atom stereocenters. The number of halogens is 3. The van der Waals surface area contributed by atoms with Crippen molar-refractivity contribution in [2.24, 2.45) is 0 Å². The van der Waals surface area contributed by atoms with E-state index < -0.39 is 10.0 Å². The highest BCUT2D eigenvalue weighted by molar-refractivity contribution is 9.11. The average molecular weight is 498 g/mol. The van der Waals surface area contributed by atoms with Crippen molar-refractivity contribution in [1.82, 2.24) is 0 Å². The molecule has 0 fully saturated rings. The molecule has 2 rings (SSSR count). The van der Waals surface area contributed by atoms with Crippen LogP contribution in [0.25, 0.3) is 0 Å². The Labute approximate surface area is 149 Å². The molecule has 0 radical (unpaired) electrons. The standard InChI is InChI=1S/C14H12Br3NO2S/c1-8-6-12(17)14(7-11(8)16)21(19,20)18-13-4-3-10(15)5-9(13)2/h3-7,18H,1-2H3. The fraction of sp³-hybridized carbons (Fsp3) is 0.143. The molecule has 0 amide bonds. The molecule has 1 N–H and O–H groups in total. The summed E-state index contributed by atoms with van der Waals surface area (Å²) in [7, 11) is -3.66. The zero-order valence-corrected chi connectivity index (χ0v) is 16.8. The minimum Gasteiger partial charge on any atom is -0.279 e. The Morgan fingerprint density at radius 2 is 1.57 bits per heavy atom. The maximum atomic E-state index is 12.5. The van der Waals surface area contributed by atoms with Gasteiger partial charge in [-0.25, -0.2) is 8.42 Å². The number of sulfonamides is 1. The first-order valence-electron chi connectivity index (χ1n) is 5.95. The van der Waals surface area contributed by atoms with Crippen LogP contribution in [0.15, 0.2) is 48.6 Å². The Morgan fingerprint density at radius 1 is 0.905 bits per heavy atom. The van der Waals surface area contributed by atoms with Gasteiger partial charge in [-0.15, -0.1) is 0 Å². The van der Waals surface area contributed by atoms with Crippen molar-refractivity contribution < 1.29 is 8.42 Å².